The smallest absolute Gasteiger partial charge is 0.115 e. The predicted octanol–water partition coefficient (Wildman–Crippen LogP) is 5.78. The molecule has 0 fully saturated rings. The molecule has 0 radical (unpaired) electrons. The molecule has 1 aromatic carbocycles. The molecule has 0 atom stereocenters. The van der Waals surface area contributed by atoms with Crippen molar-refractivity contribution in [3.8, 4) is 0 Å². The van der Waals surface area contributed by atoms with Crippen molar-refractivity contribution in [2.24, 2.45) is 0 Å². The second-order valence-electron chi connectivity index (χ2n) is 4.04. The first-order valence-electron chi connectivity index (χ1n) is 7.00. The van der Waals surface area contributed by atoms with E-state index in [2.05, 4.69) is 13.2 Å². The molecule has 108 valence electrons. The molecule has 0 saturated carbocycles. The molecule has 20 heavy (non-hydrogen) atoms. The van der Waals surface area contributed by atoms with E-state index in [1.54, 1.807) is 6.08 Å². The van der Waals surface area contributed by atoms with Crippen LogP contribution in [0.2, 0.25) is 0 Å². The molecule has 1 aromatic rings. The van der Waals surface area contributed by atoms with Gasteiger partial charge in [0.1, 0.15) is 12.4 Å². The summed E-state index contributed by atoms with van der Waals surface area (Å²) < 4.78 is 5.72. The van der Waals surface area contributed by atoms with Gasteiger partial charge in [-0.3, -0.25) is 0 Å². The van der Waals surface area contributed by atoms with Gasteiger partial charge in [0.05, 0.1) is 0 Å². The van der Waals surface area contributed by atoms with Crippen molar-refractivity contribution in [3.05, 3.63) is 78.6 Å². The second-order valence-corrected chi connectivity index (χ2v) is 4.04. The van der Waals surface area contributed by atoms with Crippen LogP contribution in [-0.2, 0) is 4.74 Å². The maximum absolute atomic E-state index is 5.72. The minimum absolute atomic E-state index is 0.491. The Hall–Kier alpha value is -2.02. The van der Waals surface area contributed by atoms with E-state index < -0.39 is 0 Å². The summed E-state index contributed by atoms with van der Waals surface area (Å²) in [6.07, 6.45) is 5.70. The summed E-state index contributed by atoms with van der Waals surface area (Å²) >= 11 is 0. The van der Waals surface area contributed by atoms with Gasteiger partial charge in [0.25, 0.3) is 0 Å². The van der Waals surface area contributed by atoms with Gasteiger partial charge < -0.3 is 4.74 Å². The quantitative estimate of drug-likeness (QED) is 0.470. The SMILES string of the molecule is C=C/C(C)=C\C(=C/C)OCC(=C)c1ccccc1.CC. The van der Waals surface area contributed by atoms with Gasteiger partial charge in [-0.25, -0.2) is 0 Å². The summed E-state index contributed by atoms with van der Waals surface area (Å²) in [6.45, 7) is 16.2. The van der Waals surface area contributed by atoms with E-state index in [9.17, 15) is 0 Å². The molecule has 0 heterocycles. The van der Waals surface area contributed by atoms with Gasteiger partial charge in [0.2, 0.25) is 0 Å². The summed E-state index contributed by atoms with van der Waals surface area (Å²) in [4.78, 5) is 0. The lowest BCUT2D eigenvalue weighted by atomic mass is 10.1. The molecule has 1 rings (SSSR count). The summed E-state index contributed by atoms with van der Waals surface area (Å²) in [6, 6.07) is 10.1. The zero-order chi connectivity index (χ0) is 15.4. The normalized spacial score (nSPS) is 11.2. The average molecular weight is 270 g/mol. The highest BCUT2D eigenvalue weighted by Gasteiger charge is 2.00. The molecule has 0 saturated heterocycles. The van der Waals surface area contributed by atoms with Crippen LogP contribution in [0.1, 0.15) is 33.3 Å². The number of rotatable bonds is 6. The molecule has 0 aliphatic carbocycles. The molecule has 0 aliphatic rings. The maximum atomic E-state index is 5.72. The van der Waals surface area contributed by atoms with Crippen LogP contribution in [0.25, 0.3) is 5.57 Å². The van der Waals surface area contributed by atoms with Gasteiger partial charge in [0, 0.05) is 0 Å². The topological polar surface area (TPSA) is 9.23 Å². The molecule has 1 nitrogen and oxygen atoms in total. The number of benzene rings is 1. The standard InChI is InChI=1S/C17H20O.C2H6/c1-5-14(3)12-17(6-2)18-13-15(4)16-10-8-7-9-11-16;1-2/h5-12H,1,4,13H2,2-3H3;1-2H3/b14-12-,17-6+;. The van der Waals surface area contributed by atoms with E-state index in [1.807, 2.05) is 70.2 Å². The molecular formula is C19H26O. The number of allylic oxidation sites excluding steroid dienone is 4. The van der Waals surface area contributed by atoms with Crippen molar-refractivity contribution in [2.75, 3.05) is 6.61 Å². The molecule has 0 spiro atoms. The Kier molecular flexibility index (Phi) is 9.76. The fourth-order valence-corrected chi connectivity index (χ4v) is 1.42. The van der Waals surface area contributed by atoms with E-state index in [1.165, 1.54) is 0 Å². The number of hydrogen-bond donors (Lipinski definition) is 0. The van der Waals surface area contributed by atoms with Crippen LogP contribution in [0.5, 0.6) is 0 Å². The highest BCUT2D eigenvalue weighted by molar-refractivity contribution is 5.63. The van der Waals surface area contributed by atoms with Crippen molar-refractivity contribution >= 4 is 5.57 Å². The Balaban J connectivity index is 0.00000172. The first-order valence-corrected chi connectivity index (χ1v) is 7.00. The van der Waals surface area contributed by atoms with E-state index in [-0.39, 0.29) is 0 Å². The average Bonchev–Trinajstić information content (AvgIpc) is 2.53. The van der Waals surface area contributed by atoms with Crippen molar-refractivity contribution in [2.45, 2.75) is 27.7 Å². The van der Waals surface area contributed by atoms with Crippen molar-refractivity contribution in [3.63, 3.8) is 0 Å². The van der Waals surface area contributed by atoms with E-state index in [0.717, 1.165) is 22.5 Å². The van der Waals surface area contributed by atoms with E-state index in [4.69, 9.17) is 4.74 Å². The molecule has 0 N–H and O–H groups in total. The molecule has 1 heteroatoms. The fourth-order valence-electron chi connectivity index (χ4n) is 1.42. The lowest BCUT2D eigenvalue weighted by molar-refractivity contribution is 0.267. The Morgan fingerprint density at radius 1 is 1.20 bits per heavy atom. The minimum atomic E-state index is 0.491. The maximum Gasteiger partial charge on any atom is 0.115 e. The van der Waals surface area contributed by atoms with Gasteiger partial charge >= 0.3 is 0 Å². The largest absolute Gasteiger partial charge is 0.489 e. The van der Waals surface area contributed by atoms with Crippen LogP contribution in [-0.4, -0.2) is 6.61 Å². The molecule has 0 bridgehead atoms. The van der Waals surface area contributed by atoms with Crippen molar-refractivity contribution in [1.29, 1.82) is 0 Å². The predicted molar refractivity (Wildman–Crippen MR) is 90.5 cm³/mol. The Morgan fingerprint density at radius 3 is 2.30 bits per heavy atom. The lowest BCUT2D eigenvalue weighted by Crippen LogP contribution is -1.96. The summed E-state index contributed by atoms with van der Waals surface area (Å²) in [7, 11) is 0. The van der Waals surface area contributed by atoms with Gasteiger partial charge in [-0.05, 0) is 42.7 Å². The van der Waals surface area contributed by atoms with Gasteiger partial charge in [-0.15, -0.1) is 0 Å². The third-order valence-corrected chi connectivity index (χ3v) is 2.57. The van der Waals surface area contributed by atoms with E-state index >= 15 is 0 Å². The first-order chi connectivity index (χ1) is 9.67. The minimum Gasteiger partial charge on any atom is -0.489 e. The summed E-state index contributed by atoms with van der Waals surface area (Å²) in [5.41, 5.74) is 3.16. The third kappa shape index (κ3) is 6.79. The molecular weight excluding hydrogens is 244 g/mol. The fraction of sp³-hybridized carbons (Fsp3) is 0.263. The van der Waals surface area contributed by atoms with E-state index in [0.29, 0.717) is 6.61 Å². The van der Waals surface area contributed by atoms with Crippen LogP contribution in [0.15, 0.2) is 73.1 Å². The first kappa shape index (κ1) is 18.0. The lowest BCUT2D eigenvalue weighted by Gasteiger charge is -2.10. The molecule has 0 unspecified atom stereocenters. The molecule has 0 aliphatic heterocycles. The van der Waals surface area contributed by atoms with Gasteiger partial charge in [-0.1, -0.05) is 63.4 Å². The van der Waals surface area contributed by atoms with Crippen molar-refractivity contribution in [1.82, 2.24) is 0 Å². The van der Waals surface area contributed by atoms with Crippen LogP contribution in [0.4, 0.5) is 0 Å². The highest BCUT2D eigenvalue weighted by atomic mass is 16.5. The van der Waals surface area contributed by atoms with Gasteiger partial charge in [-0.2, -0.15) is 0 Å². The molecule has 0 amide bonds. The second kappa shape index (κ2) is 10.9. The monoisotopic (exact) mass is 270 g/mol. The number of hydrogen-bond acceptors (Lipinski definition) is 1. The zero-order valence-corrected chi connectivity index (χ0v) is 13.1. The van der Waals surface area contributed by atoms with Crippen LogP contribution >= 0.6 is 0 Å². The Bertz CT molecular complexity index is 464. The van der Waals surface area contributed by atoms with Crippen LogP contribution < -0.4 is 0 Å². The van der Waals surface area contributed by atoms with Crippen LogP contribution in [0, 0.1) is 0 Å². The molecule has 0 aromatic heterocycles. The van der Waals surface area contributed by atoms with Gasteiger partial charge in [0.15, 0.2) is 0 Å². The van der Waals surface area contributed by atoms with Crippen molar-refractivity contribution < 1.29 is 4.74 Å². The van der Waals surface area contributed by atoms with Crippen LogP contribution in [0.3, 0.4) is 0 Å². The third-order valence-electron chi connectivity index (χ3n) is 2.57. The Morgan fingerprint density at radius 2 is 1.80 bits per heavy atom. The summed E-state index contributed by atoms with van der Waals surface area (Å²) in [5, 5.41) is 0. The number of ether oxygens (including phenoxy) is 1. The zero-order valence-electron chi connectivity index (χ0n) is 13.1. The summed E-state index contributed by atoms with van der Waals surface area (Å²) in [5.74, 6) is 0.837. The highest BCUT2D eigenvalue weighted by Crippen LogP contribution is 2.14. The Labute approximate surface area is 124 Å².